The first-order valence-electron chi connectivity index (χ1n) is 6.87. The van der Waals surface area contributed by atoms with Gasteiger partial charge in [-0.1, -0.05) is 11.6 Å². The van der Waals surface area contributed by atoms with E-state index in [1.165, 1.54) is 43.7 Å². The summed E-state index contributed by atoms with van der Waals surface area (Å²) in [5.41, 5.74) is 2.73. The number of carbonyl (C=O) groups is 2. The van der Waals surface area contributed by atoms with Gasteiger partial charge < -0.3 is 15.2 Å². The van der Waals surface area contributed by atoms with Gasteiger partial charge >= 0.3 is 11.8 Å². The zero-order chi connectivity index (χ0) is 18.4. The standard InChI is InChI=1S/C16H13ClFN3O4/c1-25-14-6-9(2-5-13(14)22)8-19-21-16(24)15(23)20-10-3-4-12(18)11(17)7-10/h2-8,22H,1H3,(H,20,23)(H,21,24). The number of hydrogen-bond acceptors (Lipinski definition) is 5. The van der Waals surface area contributed by atoms with Crippen molar-refractivity contribution in [3.8, 4) is 11.5 Å². The third-order valence-corrected chi connectivity index (χ3v) is 3.26. The molecule has 0 aliphatic carbocycles. The van der Waals surface area contributed by atoms with Crippen LogP contribution in [-0.4, -0.2) is 30.2 Å². The molecule has 0 saturated carbocycles. The molecule has 2 amide bonds. The van der Waals surface area contributed by atoms with Crippen molar-refractivity contribution in [2.45, 2.75) is 0 Å². The SMILES string of the molecule is COc1cc(C=NNC(=O)C(=O)Nc2ccc(F)c(Cl)c2)ccc1O. The Labute approximate surface area is 147 Å². The average Bonchev–Trinajstić information content (AvgIpc) is 2.59. The molecule has 2 aromatic rings. The average molecular weight is 366 g/mol. The van der Waals surface area contributed by atoms with Gasteiger partial charge in [0, 0.05) is 5.69 Å². The normalized spacial score (nSPS) is 10.5. The quantitative estimate of drug-likeness (QED) is 0.439. The number of carbonyl (C=O) groups excluding carboxylic acids is 2. The van der Waals surface area contributed by atoms with Crippen LogP contribution in [0.4, 0.5) is 10.1 Å². The molecule has 0 heterocycles. The molecule has 0 saturated heterocycles. The fourth-order valence-corrected chi connectivity index (χ4v) is 1.93. The second-order valence-electron chi connectivity index (χ2n) is 4.71. The van der Waals surface area contributed by atoms with Gasteiger partial charge in [0.25, 0.3) is 0 Å². The maximum absolute atomic E-state index is 13.0. The number of amides is 2. The monoisotopic (exact) mass is 365 g/mol. The lowest BCUT2D eigenvalue weighted by atomic mass is 10.2. The number of benzene rings is 2. The van der Waals surface area contributed by atoms with Crippen LogP contribution >= 0.6 is 11.6 Å². The molecule has 9 heteroatoms. The summed E-state index contributed by atoms with van der Waals surface area (Å²) >= 11 is 5.59. The molecule has 0 radical (unpaired) electrons. The minimum Gasteiger partial charge on any atom is -0.504 e. The van der Waals surface area contributed by atoms with Crippen LogP contribution in [0.2, 0.25) is 5.02 Å². The zero-order valence-corrected chi connectivity index (χ0v) is 13.7. The van der Waals surface area contributed by atoms with Crippen LogP contribution in [0.15, 0.2) is 41.5 Å². The molecule has 2 rings (SSSR count). The van der Waals surface area contributed by atoms with E-state index in [2.05, 4.69) is 10.4 Å². The van der Waals surface area contributed by atoms with E-state index in [-0.39, 0.29) is 22.2 Å². The summed E-state index contributed by atoms with van der Waals surface area (Å²) in [6.07, 6.45) is 1.27. The van der Waals surface area contributed by atoms with Crippen LogP contribution in [0.5, 0.6) is 11.5 Å². The Morgan fingerprint density at radius 1 is 1.24 bits per heavy atom. The van der Waals surface area contributed by atoms with Crippen LogP contribution < -0.4 is 15.5 Å². The van der Waals surface area contributed by atoms with Crippen molar-refractivity contribution < 1.29 is 23.8 Å². The molecule has 7 nitrogen and oxygen atoms in total. The van der Waals surface area contributed by atoms with Crippen molar-refractivity contribution in [2.75, 3.05) is 12.4 Å². The minimum atomic E-state index is -1.03. The molecule has 0 unspecified atom stereocenters. The maximum Gasteiger partial charge on any atom is 0.329 e. The fraction of sp³-hybridized carbons (Fsp3) is 0.0625. The molecule has 0 atom stereocenters. The van der Waals surface area contributed by atoms with E-state index in [4.69, 9.17) is 16.3 Å². The smallest absolute Gasteiger partial charge is 0.329 e. The highest BCUT2D eigenvalue weighted by molar-refractivity contribution is 6.39. The van der Waals surface area contributed by atoms with E-state index in [1.807, 2.05) is 5.43 Å². The van der Waals surface area contributed by atoms with Gasteiger partial charge in [-0.2, -0.15) is 5.10 Å². The highest BCUT2D eigenvalue weighted by Crippen LogP contribution is 2.25. The van der Waals surface area contributed by atoms with Crippen LogP contribution in [0, 0.1) is 5.82 Å². The van der Waals surface area contributed by atoms with Crippen molar-refractivity contribution in [1.29, 1.82) is 0 Å². The van der Waals surface area contributed by atoms with E-state index in [0.29, 0.717) is 5.56 Å². The fourth-order valence-electron chi connectivity index (χ4n) is 1.75. The molecular weight excluding hydrogens is 353 g/mol. The van der Waals surface area contributed by atoms with Gasteiger partial charge in [0.05, 0.1) is 18.3 Å². The third kappa shape index (κ3) is 4.92. The number of aromatic hydroxyl groups is 1. The maximum atomic E-state index is 13.0. The van der Waals surface area contributed by atoms with Gasteiger partial charge in [-0.05, 0) is 42.0 Å². The number of nitrogens with one attached hydrogen (secondary N) is 2. The van der Waals surface area contributed by atoms with Crippen molar-refractivity contribution in [1.82, 2.24) is 5.43 Å². The second-order valence-corrected chi connectivity index (χ2v) is 5.12. The molecule has 2 aromatic carbocycles. The van der Waals surface area contributed by atoms with Crippen molar-refractivity contribution in [3.63, 3.8) is 0 Å². The number of rotatable bonds is 4. The summed E-state index contributed by atoms with van der Waals surface area (Å²) in [6.45, 7) is 0. The predicted octanol–water partition coefficient (Wildman–Crippen LogP) is 2.28. The number of hydrazone groups is 1. The van der Waals surface area contributed by atoms with E-state index in [1.54, 1.807) is 0 Å². The molecule has 130 valence electrons. The van der Waals surface area contributed by atoms with Crippen LogP contribution in [-0.2, 0) is 9.59 Å². The van der Waals surface area contributed by atoms with Gasteiger partial charge in [-0.15, -0.1) is 0 Å². The van der Waals surface area contributed by atoms with Gasteiger partial charge in [0.1, 0.15) is 5.82 Å². The summed E-state index contributed by atoms with van der Waals surface area (Å²) in [5.74, 6) is -2.47. The van der Waals surface area contributed by atoms with Crippen LogP contribution in [0.3, 0.4) is 0 Å². The molecule has 0 aliphatic heterocycles. The first-order valence-corrected chi connectivity index (χ1v) is 7.25. The summed E-state index contributed by atoms with van der Waals surface area (Å²) in [4.78, 5) is 23.4. The Bertz CT molecular complexity index is 842. The number of hydrogen-bond donors (Lipinski definition) is 3. The molecule has 0 fully saturated rings. The summed E-state index contributed by atoms with van der Waals surface area (Å²) in [5, 5.41) is 15.2. The molecule has 0 bridgehead atoms. The Hall–Kier alpha value is -3.13. The van der Waals surface area contributed by atoms with Gasteiger partial charge in [-0.25, -0.2) is 9.82 Å². The van der Waals surface area contributed by atoms with Gasteiger partial charge in [0.15, 0.2) is 11.5 Å². The Morgan fingerprint density at radius 3 is 2.68 bits per heavy atom. The lowest BCUT2D eigenvalue weighted by Gasteiger charge is -2.05. The van der Waals surface area contributed by atoms with Gasteiger partial charge in [-0.3, -0.25) is 9.59 Å². The molecule has 0 aliphatic rings. The number of halogens is 2. The van der Waals surface area contributed by atoms with Crippen molar-refractivity contribution >= 4 is 35.3 Å². The largest absolute Gasteiger partial charge is 0.504 e. The summed E-state index contributed by atoms with van der Waals surface area (Å²) < 4.78 is 18.0. The number of nitrogens with zero attached hydrogens (tertiary/aromatic N) is 1. The Morgan fingerprint density at radius 2 is 2.00 bits per heavy atom. The first kappa shape index (κ1) is 18.2. The zero-order valence-electron chi connectivity index (χ0n) is 12.9. The molecule has 0 spiro atoms. The number of phenols is 1. The number of methoxy groups -OCH3 is 1. The summed E-state index contributed by atoms with van der Waals surface area (Å²) in [7, 11) is 1.39. The van der Waals surface area contributed by atoms with E-state index < -0.39 is 17.6 Å². The van der Waals surface area contributed by atoms with E-state index >= 15 is 0 Å². The highest BCUT2D eigenvalue weighted by Gasteiger charge is 2.13. The van der Waals surface area contributed by atoms with E-state index in [9.17, 15) is 19.1 Å². The molecule has 3 N–H and O–H groups in total. The number of ether oxygens (including phenoxy) is 1. The Kier molecular flexibility index (Phi) is 5.91. The topological polar surface area (TPSA) is 100 Å². The number of anilines is 1. The molecule has 0 aromatic heterocycles. The third-order valence-electron chi connectivity index (χ3n) is 2.97. The number of phenolic OH excluding ortho intramolecular Hbond substituents is 1. The van der Waals surface area contributed by atoms with Gasteiger partial charge in [0.2, 0.25) is 0 Å². The Balaban J connectivity index is 1.94. The highest BCUT2D eigenvalue weighted by atomic mass is 35.5. The lowest BCUT2D eigenvalue weighted by Crippen LogP contribution is -2.32. The minimum absolute atomic E-state index is 0.0407. The second kappa shape index (κ2) is 8.11. The summed E-state index contributed by atoms with van der Waals surface area (Å²) in [6, 6.07) is 7.92. The molecule has 25 heavy (non-hydrogen) atoms. The predicted molar refractivity (Wildman–Crippen MR) is 90.4 cm³/mol. The molecular formula is C16H13ClFN3O4. The first-order chi connectivity index (χ1) is 11.9. The van der Waals surface area contributed by atoms with Crippen LogP contribution in [0.25, 0.3) is 0 Å². The van der Waals surface area contributed by atoms with Crippen molar-refractivity contribution in [3.05, 3.63) is 52.8 Å². The van der Waals surface area contributed by atoms with Crippen LogP contribution in [0.1, 0.15) is 5.56 Å². The lowest BCUT2D eigenvalue weighted by molar-refractivity contribution is -0.136. The van der Waals surface area contributed by atoms with E-state index in [0.717, 1.165) is 6.07 Å². The van der Waals surface area contributed by atoms with Crippen molar-refractivity contribution in [2.24, 2.45) is 5.10 Å².